The van der Waals surface area contributed by atoms with Gasteiger partial charge in [0.15, 0.2) is 0 Å². The smallest absolute Gasteiger partial charge is 0.309 e. The quantitative estimate of drug-likeness (QED) is 0.368. The zero-order valence-corrected chi connectivity index (χ0v) is 11.6. The second kappa shape index (κ2) is 6.96. The van der Waals surface area contributed by atoms with E-state index in [-0.39, 0.29) is 11.9 Å². The van der Waals surface area contributed by atoms with Crippen LogP contribution in [0.15, 0.2) is 12.2 Å². The predicted octanol–water partition coefficient (Wildman–Crippen LogP) is 4.10. The molecule has 0 aromatic rings. The van der Waals surface area contributed by atoms with Gasteiger partial charge in [-0.3, -0.25) is 4.79 Å². The molecule has 102 valence electrons. The third-order valence-electron chi connectivity index (χ3n) is 4.32. The van der Waals surface area contributed by atoms with Crippen molar-refractivity contribution < 1.29 is 9.53 Å². The van der Waals surface area contributed by atoms with Crippen LogP contribution in [0.5, 0.6) is 0 Å². The van der Waals surface area contributed by atoms with Gasteiger partial charge in [-0.1, -0.05) is 51.2 Å². The first-order chi connectivity index (χ1) is 8.81. The van der Waals surface area contributed by atoms with E-state index in [9.17, 15) is 4.79 Å². The molecule has 0 saturated heterocycles. The Morgan fingerprint density at radius 3 is 2.56 bits per heavy atom. The van der Waals surface area contributed by atoms with Crippen molar-refractivity contribution in [3.63, 3.8) is 0 Å². The molecule has 3 atom stereocenters. The molecule has 2 nitrogen and oxygen atoms in total. The van der Waals surface area contributed by atoms with Gasteiger partial charge in [-0.2, -0.15) is 0 Å². The first kappa shape index (κ1) is 13.6. The summed E-state index contributed by atoms with van der Waals surface area (Å²) in [6.07, 6.45) is 14.1. The molecule has 2 heteroatoms. The number of allylic oxidation sites excluding steroid dienone is 2. The Bertz CT molecular complexity index is 295. The van der Waals surface area contributed by atoms with Crippen LogP contribution in [-0.4, -0.2) is 12.6 Å². The van der Waals surface area contributed by atoms with Crippen molar-refractivity contribution in [2.24, 2.45) is 17.8 Å². The van der Waals surface area contributed by atoms with E-state index >= 15 is 0 Å². The topological polar surface area (TPSA) is 26.3 Å². The lowest BCUT2D eigenvalue weighted by Gasteiger charge is -2.16. The first-order valence-corrected chi connectivity index (χ1v) is 7.66. The summed E-state index contributed by atoms with van der Waals surface area (Å²) in [5.41, 5.74) is 0. The minimum atomic E-state index is 0.0559. The van der Waals surface area contributed by atoms with Gasteiger partial charge in [0.1, 0.15) is 0 Å². The zero-order valence-electron chi connectivity index (χ0n) is 11.6. The van der Waals surface area contributed by atoms with Crippen LogP contribution in [0.25, 0.3) is 0 Å². The Kier molecular flexibility index (Phi) is 5.27. The van der Waals surface area contributed by atoms with E-state index in [1.807, 2.05) is 0 Å². The number of unbranched alkanes of at least 4 members (excludes halogenated alkanes) is 5. The second-order valence-corrected chi connectivity index (χ2v) is 5.82. The molecule has 18 heavy (non-hydrogen) atoms. The molecule has 0 heterocycles. The fourth-order valence-corrected chi connectivity index (χ4v) is 3.21. The lowest BCUT2D eigenvalue weighted by molar-refractivity contribution is -0.149. The van der Waals surface area contributed by atoms with E-state index in [2.05, 4.69) is 19.1 Å². The minimum absolute atomic E-state index is 0.0559. The third-order valence-corrected chi connectivity index (χ3v) is 4.32. The van der Waals surface area contributed by atoms with Crippen LogP contribution in [0.3, 0.4) is 0 Å². The van der Waals surface area contributed by atoms with Gasteiger partial charge in [-0.15, -0.1) is 0 Å². The fraction of sp³-hybridized carbons (Fsp3) is 0.812. The van der Waals surface area contributed by atoms with Crippen LogP contribution >= 0.6 is 0 Å². The first-order valence-electron chi connectivity index (χ1n) is 7.66. The number of ether oxygens (including phenoxy) is 1. The predicted molar refractivity (Wildman–Crippen MR) is 73.2 cm³/mol. The number of hydrogen-bond acceptors (Lipinski definition) is 2. The summed E-state index contributed by atoms with van der Waals surface area (Å²) in [6, 6.07) is 0. The Morgan fingerprint density at radius 1 is 1.11 bits per heavy atom. The summed E-state index contributed by atoms with van der Waals surface area (Å²) in [7, 11) is 0. The van der Waals surface area contributed by atoms with Gasteiger partial charge in [0.2, 0.25) is 0 Å². The maximum atomic E-state index is 11.9. The molecule has 0 radical (unpaired) electrons. The molecule has 0 aliphatic heterocycles. The maximum Gasteiger partial charge on any atom is 0.309 e. The molecule has 3 unspecified atom stereocenters. The summed E-state index contributed by atoms with van der Waals surface area (Å²) in [4.78, 5) is 11.9. The Morgan fingerprint density at radius 2 is 1.89 bits per heavy atom. The van der Waals surface area contributed by atoms with E-state index in [0.29, 0.717) is 18.4 Å². The van der Waals surface area contributed by atoms with Crippen LogP contribution in [-0.2, 0) is 9.53 Å². The van der Waals surface area contributed by atoms with Gasteiger partial charge >= 0.3 is 5.97 Å². The molecule has 0 aromatic carbocycles. The molecule has 0 aromatic heterocycles. The Balaban J connectivity index is 1.52. The maximum absolute atomic E-state index is 11.9. The van der Waals surface area contributed by atoms with E-state index in [4.69, 9.17) is 4.74 Å². The number of hydrogen-bond donors (Lipinski definition) is 0. The molecule has 0 N–H and O–H groups in total. The molecule has 2 rings (SSSR count). The van der Waals surface area contributed by atoms with Crippen LogP contribution in [0, 0.1) is 17.8 Å². The largest absolute Gasteiger partial charge is 0.465 e. The summed E-state index contributed by atoms with van der Waals surface area (Å²) in [5, 5.41) is 0. The van der Waals surface area contributed by atoms with Crippen LogP contribution in [0.4, 0.5) is 0 Å². The van der Waals surface area contributed by atoms with E-state index in [1.165, 1.54) is 38.5 Å². The highest BCUT2D eigenvalue weighted by atomic mass is 16.5. The van der Waals surface area contributed by atoms with Gasteiger partial charge in [0, 0.05) is 0 Å². The zero-order chi connectivity index (χ0) is 12.8. The molecule has 2 aliphatic carbocycles. The SMILES string of the molecule is CCCCCCCCOC(=O)C1CC2C=CC1C2. The molecule has 1 fully saturated rings. The normalized spacial score (nSPS) is 28.8. The summed E-state index contributed by atoms with van der Waals surface area (Å²) >= 11 is 0. The van der Waals surface area contributed by atoms with Gasteiger partial charge in [-0.25, -0.2) is 0 Å². The van der Waals surface area contributed by atoms with Gasteiger partial charge in [0.25, 0.3) is 0 Å². The van der Waals surface area contributed by atoms with Crippen LogP contribution in [0.2, 0.25) is 0 Å². The lowest BCUT2D eigenvalue weighted by Crippen LogP contribution is -2.21. The third kappa shape index (κ3) is 3.60. The van der Waals surface area contributed by atoms with Crippen molar-refractivity contribution in [2.45, 2.75) is 58.3 Å². The van der Waals surface area contributed by atoms with E-state index < -0.39 is 0 Å². The van der Waals surface area contributed by atoms with Gasteiger partial charge in [-0.05, 0) is 31.1 Å². The van der Waals surface area contributed by atoms with Crippen molar-refractivity contribution in [2.75, 3.05) is 6.61 Å². The van der Waals surface area contributed by atoms with E-state index in [0.717, 1.165) is 12.8 Å². The van der Waals surface area contributed by atoms with Crippen molar-refractivity contribution in [1.29, 1.82) is 0 Å². The number of carbonyl (C=O) groups excluding carboxylic acids is 1. The molecule has 2 bridgehead atoms. The highest BCUT2D eigenvalue weighted by Gasteiger charge is 2.40. The van der Waals surface area contributed by atoms with Crippen molar-refractivity contribution >= 4 is 5.97 Å². The van der Waals surface area contributed by atoms with Gasteiger partial charge in [0.05, 0.1) is 12.5 Å². The van der Waals surface area contributed by atoms with Gasteiger partial charge < -0.3 is 4.74 Å². The van der Waals surface area contributed by atoms with Crippen molar-refractivity contribution in [1.82, 2.24) is 0 Å². The molecule has 0 amide bonds. The fourth-order valence-electron chi connectivity index (χ4n) is 3.21. The second-order valence-electron chi connectivity index (χ2n) is 5.82. The molecular weight excluding hydrogens is 224 g/mol. The van der Waals surface area contributed by atoms with Crippen LogP contribution in [0.1, 0.15) is 58.3 Å². The Hall–Kier alpha value is -0.790. The number of carbonyl (C=O) groups is 1. The number of esters is 1. The summed E-state index contributed by atoms with van der Waals surface area (Å²) in [5.74, 6) is 1.36. The molecule has 1 saturated carbocycles. The van der Waals surface area contributed by atoms with E-state index in [1.54, 1.807) is 0 Å². The highest BCUT2D eigenvalue weighted by molar-refractivity contribution is 5.74. The average molecular weight is 250 g/mol. The Labute approximate surface area is 111 Å². The molecular formula is C16H26O2. The van der Waals surface area contributed by atoms with Crippen molar-refractivity contribution in [3.05, 3.63) is 12.2 Å². The van der Waals surface area contributed by atoms with Crippen LogP contribution < -0.4 is 0 Å². The average Bonchev–Trinajstić information content (AvgIpc) is 2.99. The molecule has 0 spiro atoms. The summed E-state index contributed by atoms with van der Waals surface area (Å²) in [6.45, 7) is 2.86. The standard InChI is InChI=1S/C16H26O2/c1-2-3-4-5-6-7-10-18-16(17)15-12-13-8-9-14(15)11-13/h8-9,13-15H,2-7,10-12H2,1H3. The lowest BCUT2D eigenvalue weighted by atomic mass is 9.94. The summed E-state index contributed by atoms with van der Waals surface area (Å²) < 4.78 is 5.41. The minimum Gasteiger partial charge on any atom is -0.465 e. The highest BCUT2D eigenvalue weighted by Crippen LogP contribution is 2.43. The monoisotopic (exact) mass is 250 g/mol. The molecule has 2 aliphatic rings. The number of rotatable bonds is 8. The van der Waals surface area contributed by atoms with Crippen molar-refractivity contribution in [3.8, 4) is 0 Å². The number of fused-ring (bicyclic) bond motifs is 2.